The third-order valence-electron chi connectivity index (χ3n) is 4.17. The van der Waals surface area contributed by atoms with E-state index in [4.69, 9.17) is 4.74 Å². The van der Waals surface area contributed by atoms with Gasteiger partial charge < -0.3 is 15.4 Å². The summed E-state index contributed by atoms with van der Waals surface area (Å²) in [7, 11) is 1.68. The molecule has 136 valence electrons. The lowest BCUT2D eigenvalue weighted by atomic mass is 9.79. The van der Waals surface area contributed by atoms with Crippen LogP contribution in [0.2, 0.25) is 0 Å². The number of aromatic nitrogens is 2. The van der Waals surface area contributed by atoms with E-state index in [1.807, 2.05) is 0 Å². The van der Waals surface area contributed by atoms with E-state index in [1.165, 1.54) is 17.1 Å². The SMILES string of the molecule is COCC1(CNC(=O)CCn2cc([N+](=O)[O-])cn2)CCNCC1.Cl. The summed E-state index contributed by atoms with van der Waals surface area (Å²) in [6.45, 7) is 3.38. The zero-order chi connectivity index (χ0) is 16.7. The second-order valence-corrected chi connectivity index (χ2v) is 5.93. The lowest BCUT2D eigenvalue weighted by Crippen LogP contribution is -2.47. The molecule has 2 heterocycles. The van der Waals surface area contributed by atoms with Crippen LogP contribution in [0.15, 0.2) is 12.4 Å². The van der Waals surface area contributed by atoms with Crippen molar-refractivity contribution in [1.29, 1.82) is 0 Å². The molecule has 1 amide bonds. The lowest BCUT2D eigenvalue weighted by molar-refractivity contribution is -0.385. The molecule has 2 rings (SSSR count). The Morgan fingerprint density at radius 2 is 2.25 bits per heavy atom. The van der Waals surface area contributed by atoms with Gasteiger partial charge in [0.05, 0.1) is 11.5 Å². The van der Waals surface area contributed by atoms with E-state index in [0.29, 0.717) is 19.7 Å². The largest absolute Gasteiger partial charge is 0.384 e. The van der Waals surface area contributed by atoms with Crippen molar-refractivity contribution in [2.75, 3.05) is 33.4 Å². The van der Waals surface area contributed by atoms with Gasteiger partial charge in [-0.15, -0.1) is 12.4 Å². The van der Waals surface area contributed by atoms with Gasteiger partial charge in [0.2, 0.25) is 5.91 Å². The molecule has 1 aromatic rings. The van der Waals surface area contributed by atoms with Gasteiger partial charge in [-0.1, -0.05) is 0 Å². The summed E-state index contributed by atoms with van der Waals surface area (Å²) in [6, 6.07) is 0. The molecule has 1 saturated heterocycles. The van der Waals surface area contributed by atoms with Gasteiger partial charge in [-0.25, -0.2) is 0 Å². The summed E-state index contributed by atoms with van der Waals surface area (Å²) in [5.41, 5.74) is -0.0840. The summed E-state index contributed by atoms with van der Waals surface area (Å²) in [6.07, 6.45) is 4.67. The van der Waals surface area contributed by atoms with Gasteiger partial charge in [-0.2, -0.15) is 5.10 Å². The van der Waals surface area contributed by atoms with Crippen LogP contribution in [0.5, 0.6) is 0 Å². The van der Waals surface area contributed by atoms with Crippen LogP contribution in [0.4, 0.5) is 5.69 Å². The van der Waals surface area contributed by atoms with Crippen molar-refractivity contribution in [3.63, 3.8) is 0 Å². The van der Waals surface area contributed by atoms with Crippen molar-refractivity contribution in [1.82, 2.24) is 20.4 Å². The Morgan fingerprint density at radius 3 is 2.83 bits per heavy atom. The first-order chi connectivity index (χ1) is 11.0. The molecule has 0 bridgehead atoms. The van der Waals surface area contributed by atoms with Crippen LogP contribution in [0, 0.1) is 15.5 Å². The molecule has 0 saturated carbocycles. The van der Waals surface area contributed by atoms with Crippen LogP contribution in [0.3, 0.4) is 0 Å². The highest BCUT2D eigenvalue weighted by molar-refractivity contribution is 5.85. The van der Waals surface area contributed by atoms with Crippen LogP contribution in [0.25, 0.3) is 0 Å². The van der Waals surface area contributed by atoms with E-state index >= 15 is 0 Å². The Morgan fingerprint density at radius 1 is 1.54 bits per heavy atom. The molecule has 1 fully saturated rings. The van der Waals surface area contributed by atoms with E-state index in [-0.39, 0.29) is 35.8 Å². The fourth-order valence-corrected chi connectivity index (χ4v) is 2.80. The molecule has 9 nitrogen and oxygen atoms in total. The number of nitro groups is 1. The van der Waals surface area contributed by atoms with E-state index in [2.05, 4.69) is 15.7 Å². The molecule has 1 aromatic heterocycles. The minimum atomic E-state index is -0.505. The Hall–Kier alpha value is -1.71. The predicted octanol–water partition coefficient (Wildman–Crippen LogP) is 0.736. The maximum atomic E-state index is 12.0. The topological polar surface area (TPSA) is 111 Å². The maximum Gasteiger partial charge on any atom is 0.306 e. The fourth-order valence-electron chi connectivity index (χ4n) is 2.80. The molecule has 0 unspecified atom stereocenters. The fraction of sp³-hybridized carbons (Fsp3) is 0.714. The summed E-state index contributed by atoms with van der Waals surface area (Å²) in [5, 5.41) is 20.7. The molecule has 0 radical (unpaired) electrons. The number of piperidine rings is 1. The van der Waals surface area contributed by atoms with Crippen LogP contribution in [-0.4, -0.2) is 54.0 Å². The second kappa shape index (κ2) is 9.55. The van der Waals surface area contributed by atoms with Gasteiger partial charge in [0, 0.05) is 32.0 Å². The molecule has 0 aliphatic carbocycles. The number of carbonyl (C=O) groups is 1. The third kappa shape index (κ3) is 5.73. The quantitative estimate of drug-likeness (QED) is 0.521. The van der Waals surface area contributed by atoms with Crippen LogP contribution in [0.1, 0.15) is 19.3 Å². The molecule has 0 aromatic carbocycles. The van der Waals surface area contributed by atoms with Crippen molar-refractivity contribution in [2.45, 2.75) is 25.8 Å². The number of aryl methyl sites for hydroxylation is 1. The standard InChI is InChI=1S/C14H23N5O4.ClH/c1-23-11-14(3-5-15-6-4-14)10-16-13(20)2-7-18-9-12(8-17-18)19(21)22;/h8-9,15H,2-7,10-11H2,1H3,(H,16,20);1H. The van der Waals surface area contributed by atoms with E-state index < -0.39 is 4.92 Å². The first kappa shape index (κ1) is 20.3. The smallest absolute Gasteiger partial charge is 0.306 e. The normalized spacial score (nSPS) is 16.2. The van der Waals surface area contributed by atoms with Gasteiger partial charge in [-0.3, -0.25) is 19.6 Å². The molecule has 10 heteroatoms. The van der Waals surface area contributed by atoms with Crippen molar-refractivity contribution in [2.24, 2.45) is 5.41 Å². The van der Waals surface area contributed by atoms with Crippen LogP contribution < -0.4 is 10.6 Å². The number of halogens is 1. The number of nitrogens with one attached hydrogen (secondary N) is 2. The number of hydrogen-bond donors (Lipinski definition) is 2. The van der Waals surface area contributed by atoms with E-state index in [1.54, 1.807) is 7.11 Å². The lowest BCUT2D eigenvalue weighted by Gasteiger charge is -2.37. The number of hydrogen-bond acceptors (Lipinski definition) is 6. The average Bonchev–Trinajstić information content (AvgIpc) is 3.01. The first-order valence-corrected chi connectivity index (χ1v) is 7.68. The number of rotatable bonds is 8. The number of ether oxygens (including phenoxy) is 1. The Kier molecular flexibility index (Phi) is 8.09. The zero-order valence-corrected chi connectivity index (χ0v) is 14.5. The van der Waals surface area contributed by atoms with E-state index in [0.717, 1.165) is 25.9 Å². The first-order valence-electron chi connectivity index (χ1n) is 7.68. The van der Waals surface area contributed by atoms with Gasteiger partial charge in [0.15, 0.2) is 0 Å². The maximum absolute atomic E-state index is 12.0. The highest BCUT2D eigenvalue weighted by Crippen LogP contribution is 2.28. The van der Waals surface area contributed by atoms with Gasteiger partial charge >= 0.3 is 5.69 Å². The minimum Gasteiger partial charge on any atom is -0.384 e. The number of amides is 1. The van der Waals surface area contributed by atoms with Crippen molar-refractivity contribution < 1.29 is 14.5 Å². The van der Waals surface area contributed by atoms with Crippen molar-refractivity contribution >= 4 is 24.0 Å². The molecule has 1 aliphatic rings. The summed E-state index contributed by atoms with van der Waals surface area (Å²) in [5.74, 6) is -0.0860. The molecule has 1 aliphatic heterocycles. The Labute approximate surface area is 146 Å². The molecule has 2 N–H and O–H groups in total. The number of carbonyl (C=O) groups excluding carboxylic acids is 1. The Bertz CT molecular complexity index is 540. The molecule has 24 heavy (non-hydrogen) atoms. The number of nitrogens with zero attached hydrogens (tertiary/aromatic N) is 3. The van der Waals surface area contributed by atoms with Crippen molar-refractivity contribution in [3.8, 4) is 0 Å². The monoisotopic (exact) mass is 361 g/mol. The number of methoxy groups -OCH3 is 1. The average molecular weight is 362 g/mol. The van der Waals surface area contributed by atoms with Crippen LogP contribution in [-0.2, 0) is 16.1 Å². The second-order valence-electron chi connectivity index (χ2n) is 5.93. The molecule has 0 spiro atoms. The zero-order valence-electron chi connectivity index (χ0n) is 13.7. The molecule has 0 atom stereocenters. The van der Waals surface area contributed by atoms with E-state index in [9.17, 15) is 14.9 Å². The summed E-state index contributed by atoms with van der Waals surface area (Å²) < 4.78 is 6.72. The highest BCUT2D eigenvalue weighted by atomic mass is 35.5. The highest BCUT2D eigenvalue weighted by Gasteiger charge is 2.32. The third-order valence-corrected chi connectivity index (χ3v) is 4.17. The van der Waals surface area contributed by atoms with Crippen LogP contribution >= 0.6 is 12.4 Å². The molecular formula is C14H24ClN5O4. The summed E-state index contributed by atoms with van der Waals surface area (Å²) in [4.78, 5) is 22.1. The van der Waals surface area contributed by atoms with Gasteiger partial charge in [0.25, 0.3) is 0 Å². The van der Waals surface area contributed by atoms with Crippen molar-refractivity contribution in [3.05, 3.63) is 22.5 Å². The Balaban J connectivity index is 0.00000288. The minimum absolute atomic E-state index is 0. The van der Waals surface area contributed by atoms with Gasteiger partial charge in [-0.05, 0) is 25.9 Å². The predicted molar refractivity (Wildman–Crippen MR) is 90.2 cm³/mol. The summed E-state index contributed by atoms with van der Waals surface area (Å²) >= 11 is 0. The molecular weight excluding hydrogens is 338 g/mol. The van der Waals surface area contributed by atoms with Gasteiger partial charge in [0.1, 0.15) is 12.4 Å².